The van der Waals surface area contributed by atoms with Crippen LogP contribution in [0.3, 0.4) is 0 Å². The van der Waals surface area contributed by atoms with Crippen LogP contribution in [0.15, 0.2) is 204 Å². The Kier molecular flexibility index (Phi) is 7.71. The fourth-order valence-electron chi connectivity index (χ4n) is 8.31. The Morgan fingerprint density at radius 1 is 0.482 bits per heavy atom. The number of fused-ring (bicyclic) bond motifs is 6. The second-order valence-corrected chi connectivity index (χ2v) is 15.2. The summed E-state index contributed by atoms with van der Waals surface area (Å²) in [6, 6.07) is 69.2. The lowest BCUT2D eigenvalue weighted by molar-refractivity contribution is 0.674. The van der Waals surface area contributed by atoms with E-state index in [0.717, 1.165) is 34.0 Å². The van der Waals surface area contributed by atoms with Crippen LogP contribution in [-0.2, 0) is 0 Å². The SMILES string of the molecule is c1ccc(C2=NC(c3ccc4c(c3)sc3c(-c5ccccc5-c5cccc6c7ccccc7n(-c7ccccc7)c56)cccc34)=NC(c3ccccc3)N2)cc1. The summed E-state index contributed by atoms with van der Waals surface area (Å²) < 4.78 is 4.91. The van der Waals surface area contributed by atoms with E-state index >= 15 is 0 Å². The van der Waals surface area contributed by atoms with Gasteiger partial charge in [-0.25, -0.2) is 9.98 Å². The van der Waals surface area contributed by atoms with Crippen molar-refractivity contribution in [2.45, 2.75) is 6.17 Å². The summed E-state index contributed by atoms with van der Waals surface area (Å²) in [5.41, 5.74) is 11.6. The molecule has 1 N–H and O–H groups in total. The molecule has 0 bridgehead atoms. The average molecular weight is 735 g/mol. The van der Waals surface area contributed by atoms with Crippen LogP contribution in [0.25, 0.3) is 69.9 Å². The van der Waals surface area contributed by atoms with Gasteiger partial charge in [-0.15, -0.1) is 11.3 Å². The van der Waals surface area contributed by atoms with Crippen molar-refractivity contribution < 1.29 is 0 Å². The van der Waals surface area contributed by atoms with E-state index in [1.54, 1.807) is 0 Å². The molecule has 1 aliphatic rings. The summed E-state index contributed by atoms with van der Waals surface area (Å²) in [6.45, 7) is 0. The van der Waals surface area contributed by atoms with Gasteiger partial charge >= 0.3 is 0 Å². The topological polar surface area (TPSA) is 41.7 Å². The van der Waals surface area contributed by atoms with E-state index < -0.39 is 0 Å². The number of rotatable bonds is 6. The molecule has 1 unspecified atom stereocenters. The molecule has 8 aromatic carbocycles. The summed E-state index contributed by atoms with van der Waals surface area (Å²) in [4.78, 5) is 10.3. The normalized spacial score (nSPS) is 14.2. The van der Waals surface area contributed by atoms with Crippen LogP contribution in [0.2, 0.25) is 0 Å². The third kappa shape index (κ3) is 5.36. The van der Waals surface area contributed by atoms with Crippen LogP contribution in [0.5, 0.6) is 0 Å². The summed E-state index contributed by atoms with van der Waals surface area (Å²) in [5, 5.41) is 8.57. The number of aliphatic imine (C=N–C) groups is 2. The molecule has 1 atom stereocenters. The number of hydrogen-bond donors (Lipinski definition) is 1. The van der Waals surface area contributed by atoms with Crippen LogP contribution in [0.1, 0.15) is 22.9 Å². The van der Waals surface area contributed by atoms with Crippen molar-refractivity contribution in [2.75, 3.05) is 0 Å². The highest BCUT2D eigenvalue weighted by Gasteiger charge is 2.23. The number of para-hydroxylation sites is 3. The molecule has 0 amide bonds. The van der Waals surface area contributed by atoms with E-state index in [1.807, 2.05) is 35.6 Å². The van der Waals surface area contributed by atoms with Gasteiger partial charge in [-0.3, -0.25) is 0 Å². The van der Waals surface area contributed by atoms with Crippen LogP contribution in [0, 0.1) is 0 Å². The summed E-state index contributed by atoms with van der Waals surface area (Å²) in [7, 11) is 0. The largest absolute Gasteiger partial charge is 0.344 e. The maximum absolute atomic E-state index is 5.16. The minimum atomic E-state index is -0.245. The van der Waals surface area contributed by atoms with E-state index in [0.29, 0.717) is 0 Å². The van der Waals surface area contributed by atoms with Gasteiger partial charge in [0.25, 0.3) is 0 Å². The smallest absolute Gasteiger partial charge is 0.159 e. The third-order valence-electron chi connectivity index (χ3n) is 10.9. The maximum atomic E-state index is 5.16. The second kappa shape index (κ2) is 13.3. The molecule has 56 heavy (non-hydrogen) atoms. The number of nitrogens with one attached hydrogen (secondary N) is 1. The first-order chi connectivity index (χ1) is 27.8. The molecule has 3 heterocycles. The van der Waals surface area contributed by atoms with Crippen molar-refractivity contribution in [3.05, 3.63) is 211 Å². The zero-order chi connectivity index (χ0) is 37.0. The van der Waals surface area contributed by atoms with Crippen molar-refractivity contribution >= 4 is 65.0 Å². The van der Waals surface area contributed by atoms with E-state index in [4.69, 9.17) is 9.98 Å². The fraction of sp³-hybridized carbons (Fsp3) is 0.0196. The lowest BCUT2D eigenvalue weighted by Gasteiger charge is -2.23. The zero-order valence-corrected chi connectivity index (χ0v) is 31.1. The highest BCUT2D eigenvalue weighted by Crippen LogP contribution is 2.45. The molecular formula is C51H34N4S. The minimum absolute atomic E-state index is 0.245. The van der Waals surface area contributed by atoms with Gasteiger partial charge in [-0.2, -0.15) is 0 Å². The van der Waals surface area contributed by atoms with Crippen LogP contribution in [-0.4, -0.2) is 16.2 Å². The Hall–Kier alpha value is -7.08. The first-order valence-corrected chi connectivity index (χ1v) is 19.8. The molecule has 0 saturated carbocycles. The van der Waals surface area contributed by atoms with Crippen LogP contribution in [0.4, 0.5) is 0 Å². The van der Waals surface area contributed by atoms with E-state index in [1.165, 1.54) is 64.2 Å². The molecule has 0 spiro atoms. The number of aromatic nitrogens is 1. The fourth-order valence-corrected chi connectivity index (χ4v) is 9.58. The number of hydrogen-bond acceptors (Lipinski definition) is 4. The Bertz CT molecular complexity index is 3160. The number of amidine groups is 2. The molecule has 11 rings (SSSR count). The average Bonchev–Trinajstić information content (AvgIpc) is 3.83. The molecule has 0 radical (unpaired) electrons. The first-order valence-electron chi connectivity index (χ1n) is 18.9. The Morgan fingerprint density at radius 3 is 1.91 bits per heavy atom. The van der Waals surface area contributed by atoms with E-state index in [9.17, 15) is 0 Å². The Balaban J connectivity index is 1.07. The highest BCUT2D eigenvalue weighted by atomic mass is 32.1. The van der Waals surface area contributed by atoms with Gasteiger partial charge in [0, 0.05) is 58.9 Å². The van der Waals surface area contributed by atoms with Crippen molar-refractivity contribution in [1.82, 2.24) is 9.88 Å². The number of benzene rings is 8. The minimum Gasteiger partial charge on any atom is -0.344 e. The standard InChI is InChI=1S/C51H34N4S/c1-4-16-33(17-5-1)49-52-50(34-18-6-2-7-19-34)54-51(53-49)35-30-31-40-44-28-15-27-43(48(44)56-46(40)32-35)38-23-11-10-22-37(38)41-25-14-26-42-39-24-12-13-29-45(39)55(47(41)42)36-20-8-3-9-21-36/h1-32,49H,(H,52,53,54). The monoisotopic (exact) mass is 734 g/mol. The first kappa shape index (κ1) is 32.4. The van der Waals surface area contributed by atoms with E-state index in [2.05, 4.69) is 180 Å². The Labute approximate surface area is 328 Å². The number of nitrogens with zero attached hydrogens (tertiary/aromatic N) is 3. The predicted molar refractivity (Wildman–Crippen MR) is 236 cm³/mol. The lowest BCUT2D eigenvalue weighted by atomic mass is 9.92. The molecule has 0 saturated heterocycles. The van der Waals surface area contributed by atoms with Gasteiger partial charge in [-0.05, 0) is 41.0 Å². The lowest BCUT2D eigenvalue weighted by Crippen LogP contribution is -2.33. The molecule has 4 nitrogen and oxygen atoms in total. The van der Waals surface area contributed by atoms with Crippen molar-refractivity contribution in [3.8, 4) is 27.9 Å². The molecular weight excluding hydrogens is 701 g/mol. The number of thiophene rings is 1. The summed E-state index contributed by atoms with van der Waals surface area (Å²) >= 11 is 1.84. The maximum Gasteiger partial charge on any atom is 0.159 e. The summed E-state index contributed by atoms with van der Waals surface area (Å²) in [5.74, 6) is 1.55. The van der Waals surface area contributed by atoms with Crippen molar-refractivity contribution in [2.24, 2.45) is 9.98 Å². The van der Waals surface area contributed by atoms with Crippen molar-refractivity contribution in [1.29, 1.82) is 0 Å². The molecule has 264 valence electrons. The van der Waals surface area contributed by atoms with Gasteiger partial charge in [-0.1, -0.05) is 170 Å². The molecule has 0 fully saturated rings. The molecule has 2 aromatic heterocycles. The van der Waals surface area contributed by atoms with E-state index in [-0.39, 0.29) is 6.17 Å². The quantitative estimate of drug-likeness (QED) is 0.182. The van der Waals surface area contributed by atoms with Gasteiger partial charge < -0.3 is 9.88 Å². The molecule has 0 aliphatic carbocycles. The second-order valence-electron chi connectivity index (χ2n) is 14.2. The molecule has 5 heteroatoms. The van der Waals surface area contributed by atoms with Gasteiger partial charge in [0.1, 0.15) is 12.0 Å². The van der Waals surface area contributed by atoms with Crippen molar-refractivity contribution in [3.63, 3.8) is 0 Å². The molecule has 10 aromatic rings. The predicted octanol–water partition coefficient (Wildman–Crippen LogP) is 13.0. The third-order valence-corrected chi connectivity index (χ3v) is 12.1. The van der Waals surface area contributed by atoms with Crippen LogP contribution < -0.4 is 5.32 Å². The molecule has 1 aliphatic heterocycles. The van der Waals surface area contributed by atoms with Gasteiger partial charge in [0.05, 0.1) is 11.0 Å². The zero-order valence-electron chi connectivity index (χ0n) is 30.3. The highest BCUT2D eigenvalue weighted by molar-refractivity contribution is 7.26. The van der Waals surface area contributed by atoms with Gasteiger partial charge in [0.2, 0.25) is 0 Å². The Morgan fingerprint density at radius 2 is 1.11 bits per heavy atom. The van der Waals surface area contributed by atoms with Gasteiger partial charge in [0.15, 0.2) is 5.84 Å². The summed E-state index contributed by atoms with van der Waals surface area (Å²) in [6.07, 6.45) is -0.245. The van der Waals surface area contributed by atoms with Crippen LogP contribution >= 0.6 is 11.3 Å².